The number of hydroxylamine groups is 1. The first-order chi connectivity index (χ1) is 17.0. The van der Waals surface area contributed by atoms with Gasteiger partial charge in [0.05, 0.1) is 12.3 Å². The van der Waals surface area contributed by atoms with Gasteiger partial charge in [0, 0.05) is 37.8 Å². The Morgan fingerprint density at radius 1 is 1.06 bits per heavy atom. The van der Waals surface area contributed by atoms with Crippen molar-refractivity contribution in [1.82, 2.24) is 37.6 Å². The molecule has 0 aromatic rings. The molecule has 0 radical (unpaired) electrons. The lowest BCUT2D eigenvalue weighted by atomic mass is 9.76. The molecule has 2 heterocycles. The molecular formula is C24H43N7O4. The van der Waals surface area contributed by atoms with E-state index in [1.165, 1.54) is 6.42 Å². The van der Waals surface area contributed by atoms with E-state index in [4.69, 9.17) is 4.84 Å². The Morgan fingerprint density at radius 2 is 1.86 bits per heavy atom. The largest absolute Gasteiger partial charge is 0.356 e. The van der Waals surface area contributed by atoms with Crippen LogP contribution in [0.3, 0.4) is 0 Å². The van der Waals surface area contributed by atoms with E-state index in [1.54, 1.807) is 6.92 Å². The van der Waals surface area contributed by atoms with E-state index in [9.17, 15) is 14.4 Å². The Hall–Kier alpha value is -1.79. The molecule has 3 amide bonds. The van der Waals surface area contributed by atoms with Crippen LogP contribution in [0.25, 0.3) is 0 Å². The summed E-state index contributed by atoms with van der Waals surface area (Å²) in [4.78, 5) is 41.2. The summed E-state index contributed by atoms with van der Waals surface area (Å²) in [6.45, 7) is 2.97. The fourth-order valence-electron chi connectivity index (χ4n) is 6.04. The molecule has 0 aromatic heterocycles. The van der Waals surface area contributed by atoms with Crippen molar-refractivity contribution in [3.8, 4) is 0 Å². The summed E-state index contributed by atoms with van der Waals surface area (Å²) < 4.78 is 0. The van der Waals surface area contributed by atoms with E-state index in [-0.39, 0.29) is 48.2 Å². The number of nitrogens with one attached hydrogen (secondary N) is 7. The van der Waals surface area contributed by atoms with Crippen molar-refractivity contribution in [1.29, 1.82) is 0 Å². The predicted molar refractivity (Wildman–Crippen MR) is 130 cm³/mol. The lowest BCUT2D eigenvalue weighted by Gasteiger charge is -2.41. The Bertz CT molecular complexity index is 731. The summed E-state index contributed by atoms with van der Waals surface area (Å²) in [5.41, 5.74) is 9.02. The van der Waals surface area contributed by atoms with Crippen LogP contribution in [0.5, 0.6) is 0 Å². The van der Waals surface area contributed by atoms with Gasteiger partial charge in [-0.3, -0.25) is 30.0 Å². The summed E-state index contributed by atoms with van der Waals surface area (Å²) in [5.74, 6) is 1.11. The minimum atomic E-state index is -0.170. The Morgan fingerprint density at radius 3 is 2.66 bits per heavy atom. The summed E-state index contributed by atoms with van der Waals surface area (Å²) in [6.07, 6.45) is 10.3. The van der Waals surface area contributed by atoms with Crippen molar-refractivity contribution in [3.05, 3.63) is 0 Å². The Kier molecular flexibility index (Phi) is 9.73. The molecule has 2 saturated carbocycles. The number of rotatable bonds is 10. The third-order valence-electron chi connectivity index (χ3n) is 7.96. The Labute approximate surface area is 207 Å². The highest BCUT2D eigenvalue weighted by atomic mass is 16.7. The SMILES string of the molecule is CC(=O)NC1CCC(C2NOC(CCC(=O)NCCCNC3NNC(=O)C4CCCCC34)N2)CC1. The normalized spacial score (nSPS) is 35.1. The van der Waals surface area contributed by atoms with Crippen LogP contribution in [0.1, 0.15) is 77.6 Å². The van der Waals surface area contributed by atoms with Gasteiger partial charge in [0.25, 0.3) is 0 Å². The zero-order valence-electron chi connectivity index (χ0n) is 20.9. The van der Waals surface area contributed by atoms with Gasteiger partial charge in [-0.05, 0) is 63.8 Å². The fraction of sp³-hybridized carbons (Fsp3) is 0.875. The molecular weight excluding hydrogens is 450 g/mol. The molecule has 2 saturated heterocycles. The molecule has 0 bridgehead atoms. The zero-order chi connectivity index (χ0) is 24.6. The second-order valence-electron chi connectivity index (χ2n) is 10.5. The lowest BCUT2D eigenvalue weighted by Crippen LogP contribution is -2.64. The minimum absolute atomic E-state index is 0.0325. The summed E-state index contributed by atoms with van der Waals surface area (Å²) in [6, 6.07) is 0.282. The monoisotopic (exact) mass is 493 g/mol. The van der Waals surface area contributed by atoms with Crippen LogP contribution in [0.2, 0.25) is 0 Å². The zero-order valence-corrected chi connectivity index (χ0v) is 20.9. The average Bonchev–Trinajstić information content (AvgIpc) is 3.33. The van der Waals surface area contributed by atoms with Gasteiger partial charge < -0.3 is 16.0 Å². The van der Waals surface area contributed by atoms with Crippen LogP contribution in [0.4, 0.5) is 0 Å². The fourth-order valence-corrected chi connectivity index (χ4v) is 6.04. The molecule has 5 unspecified atom stereocenters. The maximum Gasteiger partial charge on any atom is 0.237 e. The predicted octanol–water partition coefficient (Wildman–Crippen LogP) is 0.101. The van der Waals surface area contributed by atoms with Gasteiger partial charge in [0.15, 0.2) is 0 Å². The Balaban J connectivity index is 1.04. The molecule has 2 aliphatic heterocycles. The molecule has 0 aromatic carbocycles. The topological polar surface area (TPSA) is 145 Å². The maximum atomic E-state index is 12.3. The van der Waals surface area contributed by atoms with Gasteiger partial charge >= 0.3 is 0 Å². The molecule has 4 aliphatic rings. The van der Waals surface area contributed by atoms with Crippen LogP contribution in [0, 0.1) is 17.8 Å². The maximum absolute atomic E-state index is 12.3. The van der Waals surface area contributed by atoms with E-state index < -0.39 is 0 Å². The third-order valence-corrected chi connectivity index (χ3v) is 7.96. The molecule has 35 heavy (non-hydrogen) atoms. The first kappa shape index (κ1) is 26.3. The van der Waals surface area contributed by atoms with Gasteiger partial charge in [-0.15, -0.1) is 0 Å². The molecule has 11 nitrogen and oxygen atoms in total. The minimum Gasteiger partial charge on any atom is -0.356 e. The number of hydrogen-bond acceptors (Lipinski definition) is 8. The van der Waals surface area contributed by atoms with E-state index in [2.05, 4.69) is 37.6 Å². The molecule has 7 N–H and O–H groups in total. The lowest BCUT2D eigenvalue weighted by molar-refractivity contribution is -0.134. The summed E-state index contributed by atoms with van der Waals surface area (Å²) in [5, 5.41) is 13.0. The van der Waals surface area contributed by atoms with E-state index in [0.29, 0.717) is 31.2 Å². The number of fused-ring (bicyclic) bond motifs is 1. The molecule has 2 aliphatic carbocycles. The van der Waals surface area contributed by atoms with Crippen molar-refractivity contribution >= 4 is 17.7 Å². The first-order valence-corrected chi connectivity index (χ1v) is 13.5. The summed E-state index contributed by atoms with van der Waals surface area (Å²) in [7, 11) is 0. The van der Waals surface area contributed by atoms with E-state index in [0.717, 1.165) is 57.9 Å². The van der Waals surface area contributed by atoms with Crippen LogP contribution < -0.4 is 37.6 Å². The van der Waals surface area contributed by atoms with Crippen molar-refractivity contribution < 1.29 is 19.2 Å². The van der Waals surface area contributed by atoms with E-state index >= 15 is 0 Å². The van der Waals surface area contributed by atoms with Crippen molar-refractivity contribution in [2.75, 3.05) is 13.1 Å². The number of hydrazine groups is 1. The average molecular weight is 494 g/mol. The summed E-state index contributed by atoms with van der Waals surface area (Å²) >= 11 is 0. The molecule has 4 rings (SSSR count). The number of hydrogen-bond donors (Lipinski definition) is 7. The second-order valence-corrected chi connectivity index (χ2v) is 10.5. The first-order valence-electron chi connectivity index (χ1n) is 13.5. The quantitative estimate of drug-likeness (QED) is 0.212. The van der Waals surface area contributed by atoms with Gasteiger partial charge in [0.1, 0.15) is 6.23 Å². The van der Waals surface area contributed by atoms with Gasteiger partial charge in [-0.1, -0.05) is 12.8 Å². The van der Waals surface area contributed by atoms with E-state index in [1.807, 2.05) is 0 Å². The molecule has 4 fully saturated rings. The van der Waals surface area contributed by atoms with Gasteiger partial charge in [-0.25, -0.2) is 5.43 Å². The van der Waals surface area contributed by atoms with Gasteiger partial charge in [-0.2, -0.15) is 5.48 Å². The van der Waals surface area contributed by atoms with Crippen LogP contribution in [0.15, 0.2) is 0 Å². The highest BCUT2D eigenvalue weighted by molar-refractivity contribution is 5.79. The highest BCUT2D eigenvalue weighted by Gasteiger charge is 2.39. The van der Waals surface area contributed by atoms with Crippen LogP contribution >= 0.6 is 0 Å². The second kappa shape index (κ2) is 13.0. The van der Waals surface area contributed by atoms with Crippen molar-refractivity contribution in [3.63, 3.8) is 0 Å². The number of amides is 3. The highest BCUT2D eigenvalue weighted by Crippen LogP contribution is 2.33. The van der Waals surface area contributed by atoms with Crippen molar-refractivity contribution in [2.45, 2.75) is 102 Å². The van der Waals surface area contributed by atoms with Gasteiger partial charge in [0.2, 0.25) is 17.7 Å². The standard InChI is InChI=1S/C24H43N7O4/c1-15(32)27-17-9-7-16(8-10-17)22-28-21(35-31-22)12-11-20(33)25-13-4-14-26-23-18-5-2-3-6-19(18)24(34)30-29-23/h16-19,21-23,26,28-29,31H,2-14H2,1H3,(H,25,33)(H,27,32)(H,30,34). The molecule has 11 heteroatoms. The smallest absolute Gasteiger partial charge is 0.237 e. The molecule has 0 spiro atoms. The molecule has 198 valence electrons. The van der Waals surface area contributed by atoms with Crippen molar-refractivity contribution in [2.24, 2.45) is 17.8 Å². The van der Waals surface area contributed by atoms with Crippen LogP contribution in [-0.2, 0) is 19.2 Å². The number of carbonyl (C=O) groups excluding carboxylic acids is 3. The van der Waals surface area contributed by atoms with Crippen LogP contribution in [-0.4, -0.2) is 55.4 Å². The third kappa shape index (κ3) is 7.60. The number of carbonyl (C=O) groups is 3. The molecule has 5 atom stereocenters.